The van der Waals surface area contributed by atoms with Crippen molar-refractivity contribution in [2.24, 2.45) is 0 Å². The monoisotopic (exact) mass is 467 g/mol. The van der Waals surface area contributed by atoms with Crippen LogP contribution in [0.25, 0.3) is 6.08 Å². The maximum atomic E-state index is 12.9. The van der Waals surface area contributed by atoms with Crippen molar-refractivity contribution in [3.63, 3.8) is 0 Å². The van der Waals surface area contributed by atoms with Crippen LogP contribution in [-0.4, -0.2) is 24.3 Å². The quantitative estimate of drug-likeness (QED) is 0.439. The number of halogens is 3. The average molecular weight is 467 g/mol. The molecule has 0 atom stereocenters. The number of carbonyl (C=O) groups is 3. The van der Waals surface area contributed by atoms with Gasteiger partial charge in [0.05, 0.1) is 12.1 Å². The predicted molar refractivity (Wildman–Crippen MR) is 123 cm³/mol. The van der Waals surface area contributed by atoms with Gasteiger partial charge in [-0.05, 0) is 48.0 Å². The number of amides is 3. The van der Waals surface area contributed by atoms with Crippen molar-refractivity contribution < 1.29 is 27.6 Å². The number of nitrogens with one attached hydrogen (secondary N) is 3. The number of hydrogen-bond donors (Lipinski definition) is 3. The summed E-state index contributed by atoms with van der Waals surface area (Å²) in [5, 5.41) is 7.41. The molecule has 0 unspecified atom stereocenters. The van der Waals surface area contributed by atoms with Crippen LogP contribution in [0.2, 0.25) is 0 Å². The van der Waals surface area contributed by atoms with Crippen molar-refractivity contribution in [2.75, 3.05) is 17.2 Å². The average Bonchev–Trinajstić information content (AvgIpc) is 2.82. The lowest BCUT2D eigenvalue weighted by molar-refractivity contribution is -0.137. The van der Waals surface area contributed by atoms with Gasteiger partial charge in [0, 0.05) is 23.0 Å². The molecule has 0 aliphatic heterocycles. The molecular formula is C25H20F3N3O3. The van der Waals surface area contributed by atoms with Gasteiger partial charge < -0.3 is 16.0 Å². The summed E-state index contributed by atoms with van der Waals surface area (Å²) in [5.74, 6) is -1.61. The molecule has 9 heteroatoms. The second-order valence-corrected chi connectivity index (χ2v) is 7.12. The summed E-state index contributed by atoms with van der Waals surface area (Å²) in [6.07, 6.45) is -1.61. The molecule has 34 heavy (non-hydrogen) atoms. The van der Waals surface area contributed by atoms with Gasteiger partial charge in [0.15, 0.2) is 0 Å². The summed E-state index contributed by atoms with van der Waals surface area (Å²) in [5.41, 5.74) is 0.357. The molecule has 3 rings (SSSR count). The molecule has 6 nitrogen and oxygen atoms in total. The Morgan fingerprint density at radius 3 is 2.18 bits per heavy atom. The van der Waals surface area contributed by atoms with Gasteiger partial charge in [-0.2, -0.15) is 13.2 Å². The smallest absolute Gasteiger partial charge is 0.343 e. The van der Waals surface area contributed by atoms with E-state index in [2.05, 4.69) is 16.0 Å². The van der Waals surface area contributed by atoms with E-state index < -0.39 is 29.5 Å². The van der Waals surface area contributed by atoms with Crippen molar-refractivity contribution in [2.45, 2.75) is 6.18 Å². The fourth-order valence-corrected chi connectivity index (χ4v) is 2.88. The third-order valence-electron chi connectivity index (χ3n) is 4.51. The molecule has 0 fully saturated rings. The van der Waals surface area contributed by atoms with E-state index in [1.54, 1.807) is 6.08 Å². The van der Waals surface area contributed by atoms with Crippen LogP contribution in [0.5, 0.6) is 0 Å². The molecule has 0 heterocycles. The summed E-state index contributed by atoms with van der Waals surface area (Å²) in [6.45, 7) is -0.293. The first kappa shape index (κ1) is 24.2. The van der Waals surface area contributed by atoms with Gasteiger partial charge in [0.25, 0.3) is 5.91 Å². The van der Waals surface area contributed by atoms with Crippen LogP contribution in [0.1, 0.15) is 21.5 Å². The van der Waals surface area contributed by atoms with Crippen molar-refractivity contribution in [3.8, 4) is 0 Å². The summed E-state index contributed by atoms with van der Waals surface area (Å²) in [6, 6.07) is 19.3. The minimum Gasteiger partial charge on any atom is -0.343 e. The lowest BCUT2D eigenvalue weighted by Crippen LogP contribution is -2.31. The van der Waals surface area contributed by atoms with Crippen LogP contribution in [0, 0.1) is 0 Å². The van der Waals surface area contributed by atoms with Gasteiger partial charge in [0.1, 0.15) is 0 Å². The minimum absolute atomic E-state index is 0.0134. The molecule has 0 aliphatic rings. The highest BCUT2D eigenvalue weighted by Gasteiger charge is 2.30. The van der Waals surface area contributed by atoms with Crippen molar-refractivity contribution in [1.82, 2.24) is 5.32 Å². The molecule has 0 aromatic heterocycles. The standard InChI is InChI=1S/C25H20F3N3O3/c26-25(27,28)19-9-5-11-21(15-19)31-24(34)18-8-4-10-20(14-18)30-23(33)16-29-22(32)13-12-17-6-2-1-3-7-17/h1-15H,16H2,(H,29,32)(H,30,33)(H,31,34). The zero-order valence-electron chi connectivity index (χ0n) is 17.7. The molecule has 174 valence electrons. The van der Waals surface area contributed by atoms with E-state index in [1.807, 2.05) is 30.3 Å². The SMILES string of the molecule is O=C(C=Cc1ccccc1)NCC(=O)Nc1cccc(C(=O)Nc2cccc(C(F)(F)F)c2)c1. The molecule has 3 N–H and O–H groups in total. The molecule has 0 aliphatic carbocycles. The van der Waals surface area contributed by atoms with Gasteiger partial charge in [0.2, 0.25) is 11.8 Å². The number of rotatable bonds is 7. The van der Waals surface area contributed by atoms with Crippen LogP contribution in [-0.2, 0) is 15.8 Å². The summed E-state index contributed by atoms with van der Waals surface area (Å²) < 4.78 is 38.6. The van der Waals surface area contributed by atoms with E-state index >= 15 is 0 Å². The summed E-state index contributed by atoms with van der Waals surface area (Å²) in [7, 11) is 0. The Bertz CT molecular complexity index is 1210. The van der Waals surface area contributed by atoms with Crippen molar-refractivity contribution in [1.29, 1.82) is 0 Å². The first-order valence-electron chi connectivity index (χ1n) is 10.1. The molecule has 3 aromatic rings. The Balaban J connectivity index is 1.54. The lowest BCUT2D eigenvalue weighted by atomic mass is 10.1. The highest BCUT2D eigenvalue weighted by molar-refractivity contribution is 6.05. The van der Waals surface area contributed by atoms with Crippen LogP contribution < -0.4 is 16.0 Å². The van der Waals surface area contributed by atoms with Crippen LogP contribution in [0.3, 0.4) is 0 Å². The van der Waals surface area contributed by atoms with E-state index in [0.29, 0.717) is 0 Å². The Labute approximate surface area is 193 Å². The maximum Gasteiger partial charge on any atom is 0.416 e. The second-order valence-electron chi connectivity index (χ2n) is 7.12. The molecule has 0 saturated carbocycles. The van der Waals surface area contributed by atoms with Gasteiger partial charge in [-0.25, -0.2) is 0 Å². The van der Waals surface area contributed by atoms with Gasteiger partial charge in [-0.3, -0.25) is 14.4 Å². The maximum absolute atomic E-state index is 12.9. The van der Waals surface area contributed by atoms with E-state index in [9.17, 15) is 27.6 Å². The summed E-state index contributed by atoms with van der Waals surface area (Å²) >= 11 is 0. The highest BCUT2D eigenvalue weighted by Crippen LogP contribution is 2.30. The molecule has 0 radical (unpaired) electrons. The third-order valence-corrected chi connectivity index (χ3v) is 4.51. The van der Waals surface area contributed by atoms with Crippen molar-refractivity contribution in [3.05, 3.63) is 102 Å². The fraction of sp³-hybridized carbons (Fsp3) is 0.0800. The molecule has 0 saturated heterocycles. The first-order chi connectivity index (χ1) is 16.2. The highest BCUT2D eigenvalue weighted by atomic mass is 19.4. The Morgan fingerprint density at radius 2 is 1.47 bits per heavy atom. The number of alkyl halides is 3. The van der Waals surface area contributed by atoms with Crippen LogP contribution in [0.4, 0.5) is 24.5 Å². The molecule has 0 spiro atoms. The molecule has 0 bridgehead atoms. The Kier molecular flexibility index (Phi) is 7.81. The third kappa shape index (κ3) is 7.33. The topological polar surface area (TPSA) is 87.3 Å². The minimum atomic E-state index is -4.53. The normalized spacial score (nSPS) is 11.1. The molecule has 3 amide bonds. The zero-order valence-corrected chi connectivity index (χ0v) is 17.7. The van der Waals surface area contributed by atoms with Gasteiger partial charge in [-0.1, -0.05) is 42.5 Å². The Hall–Kier alpha value is -4.40. The largest absolute Gasteiger partial charge is 0.416 e. The number of anilines is 2. The van der Waals surface area contributed by atoms with Gasteiger partial charge >= 0.3 is 6.18 Å². The number of carbonyl (C=O) groups excluding carboxylic acids is 3. The van der Waals surface area contributed by atoms with E-state index in [-0.39, 0.29) is 23.5 Å². The van der Waals surface area contributed by atoms with E-state index in [0.717, 1.165) is 17.7 Å². The second kappa shape index (κ2) is 11.0. The van der Waals surface area contributed by atoms with Crippen LogP contribution in [0.15, 0.2) is 84.9 Å². The fourth-order valence-electron chi connectivity index (χ4n) is 2.88. The Morgan fingerprint density at radius 1 is 0.794 bits per heavy atom. The summed E-state index contributed by atoms with van der Waals surface area (Å²) in [4.78, 5) is 36.5. The number of benzene rings is 3. The zero-order chi connectivity index (χ0) is 24.6. The van der Waals surface area contributed by atoms with E-state index in [1.165, 1.54) is 42.5 Å². The van der Waals surface area contributed by atoms with Gasteiger partial charge in [-0.15, -0.1) is 0 Å². The van der Waals surface area contributed by atoms with Crippen LogP contribution >= 0.6 is 0 Å². The van der Waals surface area contributed by atoms with E-state index in [4.69, 9.17) is 0 Å². The molecular weight excluding hydrogens is 447 g/mol. The number of hydrogen-bond acceptors (Lipinski definition) is 3. The first-order valence-corrected chi connectivity index (χ1v) is 10.1. The molecule has 3 aromatic carbocycles. The van der Waals surface area contributed by atoms with Crippen molar-refractivity contribution >= 4 is 35.2 Å². The predicted octanol–water partition coefficient (Wildman–Crippen LogP) is 4.73. The lowest BCUT2D eigenvalue weighted by Gasteiger charge is -2.11.